The predicted octanol–water partition coefficient (Wildman–Crippen LogP) is 0.228. The SMILES string of the molecule is COC(=O)CN(C)CC(CN)C(F)(F)F. The van der Waals surface area contributed by atoms with Crippen LogP contribution in [0.4, 0.5) is 13.2 Å². The Morgan fingerprint density at radius 1 is 1.53 bits per heavy atom. The first kappa shape index (κ1) is 14.2. The number of halogens is 3. The van der Waals surface area contributed by atoms with Gasteiger partial charge in [0, 0.05) is 13.1 Å². The first-order chi connectivity index (χ1) is 6.81. The number of nitrogens with two attached hydrogens (primary N) is 1. The van der Waals surface area contributed by atoms with Gasteiger partial charge in [-0.2, -0.15) is 13.2 Å². The van der Waals surface area contributed by atoms with Crippen LogP contribution >= 0.6 is 0 Å². The maximum atomic E-state index is 12.3. The first-order valence-corrected chi connectivity index (χ1v) is 4.33. The van der Waals surface area contributed by atoms with E-state index in [-0.39, 0.29) is 13.1 Å². The number of hydrogen-bond acceptors (Lipinski definition) is 4. The molecule has 0 radical (unpaired) electrons. The van der Waals surface area contributed by atoms with Gasteiger partial charge in [-0.15, -0.1) is 0 Å². The molecule has 0 aromatic carbocycles. The molecule has 0 aliphatic rings. The lowest BCUT2D eigenvalue weighted by Crippen LogP contribution is -2.41. The molecular weight excluding hydrogens is 213 g/mol. The van der Waals surface area contributed by atoms with Crippen LogP contribution in [0.2, 0.25) is 0 Å². The molecule has 0 amide bonds. The lowest BCUT2D eigenvalue weighted by atomic mass is 10.1. The van der Waals surface area contributed by atoms with Crippen molar-refractivity contribution in [3.63, 3.8) is 0 Å². The lowest BCUT2D eigenvalue weighted by molar-refractivity contribution is -0.176. The zero-order valence-corrected chi connectivity index (χ0v) is 8.67. The van der Waals surface area contributed by atoms with E-state index in [0.29, 0.717) is 0 Å². The fourth-order valence-electron chi connectivity index (χ4n) is 1.04. The van der Waals surface area contributed by atoms with Crippen molar-refractivity contribution >= 4 is 5.97 Å². The van der Waals surface area contributed by atoms with Crippen molar-refractivity contribution in [2.75, 3.05) is 33.8 Å². The van der Waals surface area contributed by atoms with Gasteiger partial charge in [-0.05, 0) is 7.05 Å². The predicted molar refractivity (Wildman–Crippen MR) is 48.1 cm³/mol. The van der Waals surface area contributed by atoms with Gasteiger partial charge in [0.05, 0.1) is 19.6 Å². The second-order valence-corrected chi connectivity index (χ2v) is 3.25. The van der Waals surface area contributed by atoms with Gasteiger partial charge in [0.25, 0.3) is 0 Å². The van der Waals surface area contributed by atoms with E-state index >= 15 is 0 Å². The molecular formula is C8H15F3N2O2. The van der Waals surface area contributed by atoms with Crippen LogP contribution in [-0.2, 0) is 9.53 Å². The average molecular weight is 228 g/mol. The summed E-state index contributed by atoms with van der Waals surface area (Å²) in [6, 6.07) is 0. The van der Waals surface area contributed by atoms with Crippen molar-refractivity contribution < 1.29 is 22.7 Å². The second kappa shape index (κ2) is 5.92. The Labute approximate surface area is 86.2 Å². The molecule has 0 aromatic heterocycles. The van der Waals surface area contributed by atoms with Gasteiger partial charge in [-0.25, -0.2) is 0 Å². The number of carbonyl (C=O) groups excluding carboxylic acids is 1. The second-order valence-electron chi connectivity index (χ2n) is 3.25. The van der Waals surface area contributed by atoms with Crippen LogP contribution in [0.5, 0.6) is 0 Å². The molecule has 0 saturated carbocycles. The molecule has 0 heterocycles. The zero-order chi connectivity index (χ0) is 12.1. The fourth-order valence-corrected chi connectivity index (χ4v) is 1.04. The molecule has 7 heteroatoms. The van der Waals surface area contributed by atoms with Gasteiger partial charge in [0.1, 0.15) is 0 Å². The third-order valence-corrected chi connectivity index (χ3v) is 1.91. The van der Waals surface area contributed by atoms with Crippen LogP contribution in [0.1, 0.15) is 0 Å². The van der Waals surface area contributed by atoms with Crippen molar-refractivity contribution in [1.29, 1.82) is 0 Å². The molecule has 15 heavy (non-hydrogen) atoms. The summed E-state index contributed by atoms with van der Waals surface area (Å²) in [5.41, 5.74) is 5.01. The molecule has 0 rings (SSSR count). The highest BCUT2D eigenvalue weighted by Crippen LogP contribution is 2.25. The molecule has 0 aliphatic carbocycles. The summed E-state index contributed by atoms with van der Waals surface area (Å²) in [6.07, 6.45) is -4.33. The standard InChI is InChI=1S/C8H15F3N2O2/c1-13(5-7(14)15-2)4-6(3-12)8(9,10)11/h6H,3-5,12H2,1-2H3. The fraction of sp³-hybridized carbons (Fsp3) is 0.875. The third-order valence-electron chi connectivity index (χ3n) is 1.91. The molecule has 4 nitrogen and oxygen atoms in total. The molecule has 0 aliphatic heterocycles. The number of alkyl halides is 3. The number of carbonyl (C=O) groups is 1. The minimum atomic E-state index is -4.33. The van der Waals surface area contributed by atoms with E-state index < -0.39 is 24.6 Å². The summed E-state index contributed by atoms with van der Waals surface area (Å²) in [6.45, 7) is -0.979. The van der Waals surface area contributed by atoms with Gasteiger partial charge in [0.2, 0.25) is 0 Å². The van der Waals surface area contributed by atoms with Gasteiger partial charge in [-0.1, -0.05) is 0 Å². The van der Waals surface area contributed by atoms with E-state index in [2.05, 4.69) is 4.74 Å². The maximum absolute atomic E-state index is 12.3. The Hall–Kier alpha value is -0.820. The van der Waals surface area contributed by atoms with Crippen LogP contribution in [0.15, 0.2) is 0 Å². The molecule has 0 bridgehead atoms. The van der Waals surface area contributed by atoms with Crippen molar-refractivity contribution in [2.45, 2.75) is 6.18 Å². The summed E-state index contributed by atoms with van der Waals surface area (Å²) in [5, 5.41) is 0. The minimum absolute atomic E-state index is 0.178. The quantitative estimate of drug-likeness (QED) is 0.684. The molecule has 0 aromatic rings. The number of esters is 1. The summed E-state index contributed by atoms with van der Waals surface area (Å²) in [7, 11) is 2.59. The number of nitrogens with zero attached hydrogens (tertiary/aromatic N) is 1. The third kappa shape index (κ3) is 5.58. The normalized spacial score (nSPS) is 14.1. The molecule has 1 unspecified atom stereocenters. The lowest BCUT2D eigenvalue weighted by Gasteiger charge is -2.23. The Bertz CT molecular complexity index is 209. The number of hydrogen-bond donors (Lipinski definition) is 1. The van der Waals surface area contributed by atoms with E-state index in [0.717, 1.165) is 0 Å². The monoisotopic (exact) mass is 228 g/mol. The highest BCUT2D eigenvalue weighted by atomic mass is 19.4. The van der Waals surface area contributed by atoms with Crippen molar-refractivity contribution in [3.8, 4) is 0 Å². The van der Waals surface area contributed by atoms with Gasteiger partial charge in [-0.3, -0.25) is 9.69 Å². The topological polar surface area (TPSA) is 55.6 Å². The molecule has 0 saturated heterocycles. The van der Waals surface area contributed by atoms with Crippen molar-refractivity contribution in [3.05, 3.63) is 0 Å². The Morgan fingerprint density at radius 2 is 2.07 bits per heavy atom. The van der Waals surface area contributed by atoms with Crippen molar-refractivity contribution in [2.24, 2.45) is 11.7 Å². The smallest absolute Gasteiger partial charge is 0.394 e. The number of likely N-dealkylation sites (N-methyl/N-ethyl adjacent to an activating group) is 1. The van der Waals surface area contributed by atoms with Crippen LogP contribution in [0, 0.1) is 5.92 Å². The summed E-state index contributed by atoms with van der Waals surface area (Å²) >= 11 is 0. The van der Waals surface area contributed by atoms with E-state index in [9.17, 15) is 18.0 Å². The molecule has 90 valence electrons. The Morgan fingerprint density at radius 3 is 2.40 bits per heavy atom. The average Bonchev–Trinajstić information content (AvgIpc) is 2.12. The molecule has 2 N–H and O–H groups in total. The molecule has 0 fully saturated rings. The van der Waals surface area contributed by atoms with Gasteiger partial charge in [0.15, 0.2) is 0 Å². The molecule has 0 spiro atoms. The minimum Gasteiger partial charge on any atom is -0.468 e. The van der Waals surface area contributed by atoms with Crippen molar-refractivity contribution in [1.82, 2.24) is 4.90 Å². The highest BCUT2D eigenvalue weighted by molar-refractivity contribution is 5.71. The first-order valence-electron chi connectivity index (χ1n) is 4.33. The van der Waals surface area contributed by atoms with E-state index in [4.69, 9.17) is 5.73 Å². The van der Waals surface area contributed by atoms with Gasteiger partial charge < -0.3 is 10.5 Å². The number of rotatable bonds is 5. The summed E-state index contributed by atoms with van der Waals surface area (Å²) in [5.74, 6) is -2.19. The molecule has 1 atom stereocenters. The van der Waals surface area contributed by atoms with Gasteiger partial charge >= 0.3 is 12.1 Å². The Kier molecular flexibility index (Phi) is 5.59. The number of ether oxygens (including phenoxy) is 1. The Balaban J connectivity index is 4.13. The van der Waals surface area contributed by atoms with E-state index in [1.165, 1.54) is 19.1 Å². The number of methoxy groups -OCH3 is 1. The van der Waals surface area contributed by atoms with Crippen LogP contribution in [-0.4, -0.2) is 50.8 Å². The maximum Gasteiger partial charge on any atom is 0.394 e. The highest BCUT2D eigenvalue weighted by Gasteiger charge is 2.39. The van der Waals surface area contributed by atoms with Crippen LogP contribution in [0.3, 0.4) is 0 Å². The van der Waals surface area contributed by atoms with Crippen LogP contribution in [0.25, 0.3) is 0 Å². The van der Waals surface area contributed by atoms with E-state index in [1.54, 1.807) is 0 Å². The largest absolute Gasteiger partial charge is 0.468 e. The zero-order valence-electron chi connectivity index (χ0n) is 8.67. The van der Waals surface area contributed by atoms with Crippen LogP contribution < -0.4 is 5.73 Å². The van der Waals surface area contributed by atoms with E-state index in [1.807, 2.05) is 0 Å². The summed E-state index contributed by atoms with van der Waals surface area (Å²) < 4.78 is 41.2. The summed E-state index contributed by atoms with van der Waals surface area (Å²) in [4.78, 5) is 12.0.